The summed E-state index contributed by atoms with van der Waals surface area (Å²) in [6, 6.07) is 4.20. The number of likely N-dealkylation sites (tertiary alicyclic amines) is 1. The maximum absolute atomic E-state index is 6.33. The summed E-state index contributed by atoms with van der Waals surface area (Å²) in [7, 11) is 1.80. The average molecular weight is 266 g/mol. The molecule has 1 aromatic heterocycles. The maximum Gasteiger partial charge on any atom is 0.122 e. The lowest BCUT2D eigenvalue weighted by Crippen LogP contribution is -2.52. The standard InChI is InChI=1S/C15H26N2O2/c1-4-12(16)14(13-7-5-10-19-13)17-9-6-8-15(2,11-17)18-3/h5,7,10,12,14H,4,6,8-9,11,16H2,1-3H3. The molecular weight excluding hydrogens is 240 g/mol. The van der Waals surface area contributed by atoms with Gasteiger partial charge in [0, 0.05) is 19.7 Å². The second-order valence-corrected chi connectivity index (χ2v) is 5.76. The lowest BCUT2D eigenvalue weighted by Gasteiger charge is -2.44. The second kappa shape index (κ2) is 6.07. The molecule has 19 heavy (non-hydrogen) atoms. The highest BCUT2D eigenvalue weighted by Gasteiger charge is 2.37. The molecule has 108 valence electrons. The van der Waals surface area contributed by atoms with Crippen LogP contribution in [-0.2, 0) is 4.74 Å². The van der Waals surface area contributed by atoms with Crippen LogP contribution in [0.4, 0.5) is 0 Å². The van der Waals surface area contributed by atoms with Crippen molar-refractivity contribution in [1.29, 1.82) is 0 Å². The zero-order valence-corrected chi connectivity index (χ0v) is 12.3. The summed E-state index contributed by atoms with van der Waals surface area (Å²) >= 11 is 0. The van der Waals surface area contributed by atoms with Gasteiger partial charge in [-0.05, 0) is 44.9 Å². The molecule has 3 unspecified atom stereocenters. The van der Waals surface area contributed by atoms with Gasteiger partial charge in [-0.15, -0.1) is 0 Å². The molecule has 2 rings (SSSR count). The first-order chi connectivity index (χ1) is 9.09. The smallest absolute Gasteiger partial charge is 0.122 e. The Balaban J connectivity index is 2.19. The van der Waals surface area contributed by atoms with Gasteiger partial charge in [0.15, 0.2) is 0 Å². The van der Waals surface area contributed by atoms with Crippen LogP contribution in [0.25, 0.3) is 0 Å². The normalized spacial score (nSPS) is 28.2. The minimum absolute atomic E-state index is 0.0729. The first-order valence-electron chi connectivity index (χ1n) is 7.18. The number of nitrogens with two attached hydrogens (primary N) is 1. The van der Waals surface area contributed by atoms with E-state index in [1.54, 1.807) is 13.4 Å². The minimum atomic E-state index is -0.0729. The summed E-state index contributed by atoms with van der Waals surface area (Å²) < 4.78 is 11.3. The summed E-state index contributed by atoms with van der Waals surface area (Å²) in [5, 5.41) is 0. The van der Waals surface area contributed by atoms with Crippen molar-refractivity contribution in [2.45, 2.75) is 50.8 Å². The fraction of sp³-hybridized carbons (Fsp3) is 0.733. The third kappa shape index (κ3) is 3.19. The molecule has 1 aliphatic rings. The molecule has 1 aromatic rings. The van der Waals surface area contributed by atoms with E-state index in [2.05, 4.69) is 18.7 Å². The fourth-order valence-corrected chi connectivity index (χ4v) is 2.99. The number of hydrogen-bond donors (Lipinski definition) is 1. The number of piperidine rings is 1. The molecule has 1 fully saturated rings. The van der Waals surface area contributed by atoms with Gasteiger partial charge in [0.2, 0.25) is 0 Å². The maximum atomic E-state index is 6.33. The van der Waals surface area contributed by atoms with Crippen LogP contribution >= 0.6 is 0 Å². The van der Waals surface area contributed by atoms with Gasteiger partial charge < -0.3 is 14.9 Å². The van der Waals surface area contributed by atoms with Gasteiger partial charge in [-0.1, -0.05) is 6.92 Å². The number of furan rings is 1. The van der Waals surface area contributed by atoms with Crippen molar-refractivity contribution in [2.75, 3.05) is 20.2 Å². The lowest BCUT2D eigenvalue weighted by atomic mass is 9.91. The molecule has 2 N–H and O–H groups in total. The van der Waals surface area contributed by atoms with Crippen molar-refractivity contribution in [2.24, 2.45) is 5.73 Å². The van der Waals surface area contributed by atoms with E-state index in [0.717, 1.165) is 38.1 Å². The summed E-state index contributed by atoms with van der Waals surface area (Å²) in [5.74, 6) is 0.967. The van der Waals surface area contributed by atoms with Crippen LogP contribution in [0.15, 0.2) is 22.8 Å². The Kier molecular flexibility index (Phi) is 4.66. The predicted molar refractivity (Wildman–Crippen MR) is 75.9 cm³/mol. The van der Waals surface area contributed by atoms with Gasteiger partial charge in [-0.3, -0.25) is 4.90 Å². The van der Waals surface area contributed by atoms with Gasteiger partial charge in [0.25, 0.3) is 0 Å². The van der Waals surface area contributed by atoms with Crippen molar-refractivity contribution < 1.29 is 9.15 Å². The van der Waals surface area contributed by atoms with Gasteiger partial charge in [0.05, 0.1) is 17.9 Å². The van der Waals surface area contributed by atoms with Crippen LogP contribution in [-0.4, -0.2) is 36.7 Å². The number of nitrogens with zero attached hydrogens (tertiary/aromatic N) is 1. The molecule has 1 saturated heterocycles. The first-order valence-corrected chi connectivity index (χ1v) is 7.18. The molecule has 0 aliphatic carbocycles. The van der Waals surface area contributed by atoms with E-state index < -0.39 is 0 Å². The van der Waals surface area contributed by atoms with E-state index in [9.17, 15) is 0 Å². The van der Waals surface area contributed by atoms with Crippen LogP contribution in [0.3, 0.4) is 0 Å². The molecule has 0 radical (unpaired) electrons. The van der Waals surface area contributed by atoms with Crippen molar-refractivity contribution in [3.63, 3.8) is 0 Å². The van der Waals surface area contributed by atoms with Crippen molar-refractivity contribution >= 4 is 0 Å². The molecule has 0 saturated carbocycles. The number of hydrogen-bond acceptors (Lipinski definition) is 4. The van der Waals surface area contributed by atoms with Gasteiger partial charge in [-0.25, -0.2) is 0 Å². The summed E-state index contributed by atoms with van der Waals surface area (Å²) in [4.78, 5) is 2.42. The van der Waals surface area contributed by atoms with Crippen molar-refractivity contribution in [3.05, 3.63) is 24.2 Å². The van der Waals surface area contributed by atoms with E-state index in [1.165, 1.54) is 0 Å². The lowest BCUT2D eigenvalue weighted by molar-refractivity contribution is -0.0665. The summed E-state index contributed by atoms with van der Waals surface area (Å²) in [6.45, 7) is 6.26. The molecule has 0 amide bonds. The Morgan fingerprint density at radius 3 is 2.95 bits per heavy atom. The fourth-order valence-electron chi connectivity index (χ4n) is 2.99. The molecule has 2 heterocycles. The average Bonchev–Trinajstić information content (AvgIpc) is 2.93. The van der Waals surface area contributed by atoms with Crippen LogP contribution < -0.4 is 5.73 Å². The molecule has 0 bridgehead atoms. The van der Waals surface area contributed by atoms with E-state index in [0.29, 0.717) is 0 Å². The van der Waals surface area contributed by atoms with Crippen LogP contribution in [0.1, 0.15) is 44.9 Å². The monoisotopic (exact) mass is 266 g/mol. The highest BCUT2D eigenvalue weighted by molar-refractivity contribution is 5.09. The van der Waals surface area contributed by atoms with Gasteiger partial charge in [-0.2, -0.15) is 0 Å². The number of rotatable bonds is 5. The number of ether oxygens (including phenoxy) is 1. The summed E-state index contributed by atoms with van der Waals surface area (Å²) in [5.41, 5.74) is 6.25. The van der Waals surface area contributed by atoms with Crippen molar-refractivity contribution in [1.82, 2.24) is 4.90 Å². The molecule has 3 atom stereocenters. The zero-order valence-electron chi connectivity index (χ0n) is 12.3. The third-order valence-electron chi connectivity index (χ3n) is 4.29. The minimum Gasteiger partial charge on any atom is -0.468 e. The summed E-state index contributed by atoms with van der Waals surface area (Å²) in [6.07, 6.45) is 4.90. The Morgan fingerprint density at radius 2 is 2.37 bits per heavy atom. The third-order valence-corrected chi connectivity index (χ3v) is 4.29. The Labute approximate surface area is 115 Å². The zero-order chi connectivity index (χ0) is 13.9. The molecule has 4 nitrogen and oxygen atoms in total. The number of methoxy groups -OCH3 is 1. The molecule has 1 aliphatic heterocycles. The molecular formula is C15H26N2O2. The largest absolute Gasteiger partial charge is 0.468 e. The van der Waals surface area contributed by atoms with Gasteiger partial charge in [0.1, 0.15) is 5.76 Å². The Bertz CT molecular complexity index is 380. The Hall–Kier alpha value is -0.840. The van der Waals surface area contributed by atoms with Crippen molar-refractivity contribution in [3.8, 4) is 0 Å². The SMILES string of the molecule is CCC(N)C(c1ccco1)N1CCCC(C)(OC)C1. The molecule has 0 spiro atoms. The molecule has 4 heteroatoms. The van der Waals surface area contributed by atoms with E-state index >= 15 is 0 Å². The van der Waals surface area contributed by atoms with Gasteiger partial charge >= 0.3 is 0 Å². The van der Waals surface area contributed by atoms with E-state index in [1.807, 2.05) is 12.1 Å². The van der Waals surface area contributed by atoms with Crippen LogP contribution in [0.2, 0.25) is 0 Å². The quantitative estimate of drug-likeness (QED) is 0.890. The Morgan fingerprint density at radius 1 is 1.58 bits per heavy atom. The highest BCUT2D eigenvalue weighted by Crippen LogP contribution is 2.32. The predicted octanol–water partition coefficient (Wildman–Crippen LogP) is 2.56. The van der Waals surface area contributed by atoms with Crippen LogP contribution in [0, 0.1) is 0 Å². The first kappa shape index (κ1) is 14.6. The van der Waals surface area contributed by atoms with E-state index in [4.69, 9.17) is 14.9 Å². The van der Waals surface area contributed by atoms with E-state index in [-0.39, 0.29) is 17.7 Å². The second-order valence-electron chi connectivity index (χ2n) is 5.76. The topological polar surface area (TPSA) is 51.6 Å². The highest BCUT2D eigenvalue weighted by atomic mass is 16.5. The van der Waals surface area contributed by atoms with Crippen LogP contribution in [0.5, 0.6) is 0 Å². The molecule has 0 aromatic carbocycles.